The quantitative estimate of drug-likeness (QED) is 0.679. The molecule has 0 radical (unpaired) electrons. The molecular formula is C11H13N2O+. The van der Waals surface area contributed by atoms with Gasteiger partial charge in [-0.3, -0.25) is 4.79 Å². The molecule has 0 fully saturated rings. The van der Waals surface area contributed by atoms with Crippen LogP contribution in [0.4, 0.5) is 0 Å². The Morgan fingerprint density at radius 2 is 2.21 bits per heavy atom. The molecule has 14 heavy (non-hydrogen) atoms. The van der Waals surface area contributed by atoms with E-state index in [9.17, 15) is 4.79 Å². The minimum Gasteiger partial charge on any atom is -0.361 e. The first-order chi connectivity index (χ1) is 6.81. The van der Waals surface area contributed by atoms with Gasteiger partial charge in [-0.1, -0.05) is 18.2 Å². The second kappa shape index (κ2) is 3.64. The van der Waals surface area contributed by atoms with E-state index in [4.69, 9.17) is 0 Å². The molecule has 0 spiro atoms. The number of hydrogen-bond donors (Lipinski definition) is 2. The third kappa shape index (κ3) is 1.54. The van der Waals surface area contributed by atoms with Gasteiger partial charge in [0.2, 0.25) is 0 Å². The maximum atomic E-state index is 10.5. The van der Waals surface area contributed by atoms with Crippen molar-refractivity contribution in [2.24, 2.45) is 0 Å². The molecule has 2 aromatic rings. The van der Waals surface area contributed by atoms with Gasteiger partial charge in [-0.05, 0) is 11.6 Å². The molecule has 0 saturated carbocycles. The third-order valence-electron chi connectivity index (χ3n) is 2.35. The van der Waals surface area contributed by atoms with Crippen LogP contribution in [0.3, 0.4) is 0 Å². The summed E-state index contributed by atoms with van der Waals surface area (Å²) in [7, 11) is 0. The van der Waals surface area contributed by atoms with Crippen LogP contribution in [0.5, 0.6) is 0 Å². The maximum absolute atomic E-state index is 10.5. The summed E-state index contributed by atoms with van der Waals surface area (Å²) < 4.78 is 0. The van der Waals surface area contributed by atoms with Crippen LogP contribution >= 0.6 is 0 Å². The predicted molar refractivity (Wildman–Crippen MR) is 54.7 cm³/mol. The second-order valence-corrected chi connectivity index (χ2v) is 3.46. The number of carbonyl (C=O) groups excluding carboxylic acids is 1. The molecule has 4 N–H and O–H groups in total. The van der Waals surface area contributed by atoms with Crippen LogP contribution in [-0.2, 0) is 11.2 Å². The molecular weight excluding hydrogens is 176 g/mol. The van der Waals surface area contributed by atoms with Gasteiger partial charge in [0.1, 0.15) is 6.04 Å². The molecule has 72 valence electrons. The van der Waals surface area contributed by atoms with Gasteiger partial charge in [-0.25, -0.2) is 0 Å². The number of fused-ring (bicyclic) bond motifs is 1. The number of carbonyl (C=O) groups is 1. The maximum Gasteiger partial charge on any atom is 0.177 e. The van der Waals surface area contributed by atoms with Gasteiger partial charge < -0.3 is 10.7 Å². The van der Waals surface area contributed by atoms with Crippen molar-refractivity contribution in [3.05, 3.63) is 36.0 Å². The molecule has 0 unspecified atom stereocenters. The Bertz CT molecular complexity index is 447. The minimum absolute atomic E-state index is 0.158. The van der Waals surface area contributed by atoms with Crippen LogP contribution in [0.25, 0.3) is 10.9 Å². The fraction of sp³-hybridized carbons (Fsp3) is 0.182. The predicted octanol–water partition coefficient (Wildman–Crippen LogP) is 0.520. The Morgan fingerprint density at radius 3 is 3.00 bits per heavy atom. The number of hydrogen-bond acceptors (Lipinski definition) is 1. The molecule has 0 aliphatic carbocycles. The highest BCUT2D eigenvalue weighted by Gasteiger charge is 2.09. The normalized spacial score (nSPS) is 12.9. The molecule has 2 rings (SSSR count). The van der Waals surface area contributed by atoms with Crippen LogP contribution in [0.2, 0.25) is 0 Å². The van der Waals surface area contributed by atoms with E-state index in [0.29, 0.717) is 6.42 Å². The van der Waals surface area contributed by atoms with Gasteiger partial charge in [-0.2, -0.15) is 0 Å². The summed E-state index contributed by atoms with van der Waals surface area (Å²) in [5.41, 5.74) is 6.03. The largest absolute Gasteiger partial charge is 0.361 e. The van der Waals surface area contributed by atoms with E-state index < -0.39 is 0 Å². The molecule has 1 atom stereocenters. The fourth-order valence-electron chi connectivity index (χ4n) is 1.63. The highest BCUT2D eigenvalue weighted by molar-refractivity contribution is 5.83. The summed E-state index contributed by atoms with van der Waals surface area (Å²) >= 11 is 0. The number of benzene rings is 1. The van der Waals surface area contributed by atoms with Gasteiger partial charge in [0, 0.05) is 23.5 Å². The van der Waals surface area contributed by atoms with E-state index in [1.807, 2.05) is 24.4 Å². The van der Waals surface area contributed by atoms with Crippen molar-refractivity contribution in [3.63, 3.8) is 0 Å². The van der Waals surface area contributed by atoms with E-state index in [1.54, 1.807) is 0 Å². The van der Waals surface area contributed by atoms with E-state index in [2.05, 4.69) is 16.8 Å². The van der Waals surface area contributed by atoms with Crippen molar-refractivity contribution in [2.75, 3.05) is 0 Å². The Labute approximate surface area is 81.9 Å². The molecule has 1 aromatic heterocycles. The number of rotatable bonds is 3. The van der Waals surface area contributed by atoms with Crippen molar-refractivity contribution in [3.8, 4) is 0 Å². The lowest BCUT2D eigenvalue weighted by Crippen LogP contribution is -2.62. The van der Waals surface area contributed by atoms with Crippen LogP contribution in [0.1, 0.15) is 5.56 Å². The summed E-state index contributed by atoms with van der Waals surface area (Å²) in [6.45, 7) is 0. The fourth-order valence-corrected chi connectivity index (χ4v) is 1.63. The van der Waals surface area contributed by atoms with Gasteiger partial charge in [0.05, 0.1) is 0 Å². The molecule has 1 heterocycles. The van der Waals surface area contributed by atoms with Crippen molar-refractivity contribution in [1.29, 1.82) is 0 Å². The highest BCUT2D eigenvalue weighted by Crippen LogP contribution is 2.18. The first-order valence-corrected chi connectivity index (χ1v) is 4.64. The molecule has 0 saturated heterocycles. The second-order valence-electron chi connectivity index (χ2n) is 3.46. The number of H-pyrrole nitrogens is 1. The zero-order chi connectivity index (χ0) is 9.97. The Hall–Kier alpha value is -1.61. The molecule has 3 nitrogen and oxygen atoms in total. The van der Waals surface area contributed by atoms with Crippen molar-refractivity contribution in [1.82, 2.24) is 4.98 Å². The van der Waals surface area contributed by atoms with Gasteiger partial charge in [0.15, 0.2) is 6.29 Å². The SMILES string of the molecule is [NH3+][C@H](C=O)Cc1c[nH]c2ccccc12. The van der Waals surface area contributed by atoms with Crippen LogP contribution in [-0.4, -0.2) is 17.3 Å². The number of aromatic amines is 1. The molecule has 0 aliphatic heterocycles. The lowest BCUT2D eigenvalue weighted by atomic mass is 10.1. The monoisotopic (exact) mass is 189 g/mol. The van der Waals surface area contributed by atoms with Gasteiger partial charge in [-0.15, -0.1) is 0 Å². The first kappa shape index (κ1) is 8.97. The smallest absolute Gasteiger partial charge is 0.177 e. The van der Waals surface area contributed by atoms with Crippen molar-refractivity contribution in [2.45, 2.75) is 12.5 Å². The molecule has 0 amide bonds. The minimum atomic E-state index is -0.158. The molecule has 1 aromatic carbocycles. The topological polar surface area (TPSA) is 60.5 Å². The zero-order valence-corrected chi connectivity index (χ0v) is 7.86. The Morgan fingerprint density at radius 1 is 1.43 bits per heavy atom. The summed E-state index contributed by atoms with van der Waals surface area (Å²) in [6, 6.07) is 7.91. The summed E-state index contributed by atoms with van der Waals surface area (Å²) in [4.78, 5) is 13.7. The van der Waals surface area contributed by atoms with Crippen LogP contribution in [0.15, 0.2) is 30.5 Å². The zero-order valence-electron chi connectivity index (χ0n) is 7.86. The van der Waals surface area contributed by atoms with Gasteiger partial charge in [0.25, 0.3) is 0 Å². The van der Waals surface area contributed by atoms with Crippen LogP contribution < -0.4 is 5.73 Å². The molecule has 0 bridgehead atoms. The summed E-state index contributed by atoms with van der Waals surface area (Å²) in [5, 5.41) is 1.18. The number of para-hydroxylation sites is 1. The Balaban J connectivity index is 2.38. The number of quaternary nitrogens is 1. The van der Waals surface area contributed by atoms with Crippen molar-refractivity contribution >= 4 is 17.2 Å². The van der Waals surface area contributed by atoms with E-state index in [1.165, 1.54) is 5.39 Å². The number of aldehydes is 1. The highest BCUT2D eigenvalue weighted by atomic mass is 16.1. The van der Waals surface area contributed by atoms with E-state index in [0.717, 1.165) is 17.4 Å². The number of aromatic nitrogens is 1. The lowest BCUT2D eigenvalue weighted by Gasteiger charge is -1.98. The first-order valence-electron chi connectivity index (χ1n) is 4.64. The van der Waals surface area contributed by atoms with E-state index in [-0.39, 0.29) is 6.04 Å². The average Bonchev–Trinajstić information content (AvgIpc) is 2.62. The molecule has 3 heteroatoms. The summed E-state index contributed by atoms with van der Waals surface area (Å²) in [6.07, 6.45) is 3.54. The number of nitrogens with one attached hydrogen (secondary N) is 1. The van der Waals surface area contributed by atoms with Crippen LogP contribution in [0, 0.1) is 0 Å². The molecule has 0 aliphatic rings. The van der Waals surface area contributed by atoms with Crippen molar-refractivity contribution < 1.29 is 10.5 Å². The van der Waals surface area contributed by atoms with Gasteiger partial charge >= 0.3 is 0 Å². The van der Waals surface area contributed by atoms with E-state index >= 15 is 0 Å². The Kier molecular flexibility index (Phi) is 2.33. The lowest BCUT2D eigenvalue weighted by molar-refractivity contribution is -0.399. The standard InChI is InChI=1S/C11H12N2O/c12-9(7-14)5-8-6-13-11-4-2-1-3-10(8)11/h1-4,6-7,9,13H,5,12H2/p+1/t9-/m0/s1. The summed E-state index contributed by atoms with van der Waals surface area (Å²) in [5.74, 6) is 0. The average molecular weight is 189 g/mol. The third-order valence-corrected chi connectivity index (χ3v) is 2.35.